The van der Waals surface area contributed by atoms with Crippen molar-refractivity contribution in [2.75, 3.05) is 20.2 Å². The predicted octanol–water partition coefficient (Wildman–Crippen LogP) is 3.95. The second-order valence-corrected chi connectivity index (χ2v) is 8.34. The molecule has 1 aliphatic rings. The van der Waals surface area contributed by atoms with Gasteiger partial charge in [-0.3, -0.25) is 19.1 Å². The summed E-state index contributed by atoms with van der Waals surface area (Å²) in [4.78, 5) is 34.3. The van der Waals surface area contributed by atoms with E-state index in [1.54, 1.807) is 13.0 Å². The molecular formula is C26H31FN4O3. The second-order valence-electron chi connectivity index (χ2n) is 8.34. The monoisotopic (exact) mass is 466 g/mol. The molecule has 2 aromatic rings. The van der Waals surface area contributed by atoms with Gasteiger partial charge in [0.05, 0.1) is 18.0 Å². The number of methoxy groups -OCH3 is 1. The summed E-state index contributed by atoms with van der Waals surface area (Å²) in [6.45, 7) is 6.43. The number of rotatable bonds is 10. The SMILES string of the molecule is C=C/C(F)=C\C=C(/C)n1c(CCCCC(=O)OC)nc2cc(C3=NCC(CN)C3)ccc2c1=O. The van der Waals surface area contributed by atoms with E-state index in [2.05, 4.69) is 11.6 Å². The van der Waals surface area contributed by atoms with Gasteiger partial charge in [-0.1, -0.05) is 12.6 Å². The Bertz CT molecular complexity index is 1230. The molecule has 0 radical (unpaired) electrons. The molecule has 0 saturated heterocycles. The molecule has 180 valence electrons. The first kappa shape index (κ1) is 25.2. The summed E-state index contributed by atoms with van der Waals surface area (Å²) in [5, 5.41) is 0.469. The molecule has 1 aromatic carbocycles. The summed E-state index contributed by atoms with van der Waals surface area (Å²) in [6.07, 6.45) is 6.70. The molecule has 0 amide bonds. The third-order valence-electron chi connectivity index (χ3n) is 5.92. The van der Waals surface area contributed by atoms with Crippen LogP contribution in [0.25, 0.3) is 16.6 Å². The fourth-order valence-corrected chi connectivity index (χ4v) is 3.95. The number of nitrogens with zero attached hydrogens (tertiary/aromatic N) is 3. The summed E-state index contributed by atoms with van der Waals surface area (Å²) in [5.74, 6) is 0.115. The van der Waals surface area contributed by atoms with Crippen molar-refractivity contribution >= 4 is 28.3 Å². The third kappa shape index (κ3) is 5.94. The lowest BCUT2D eigenvalue weighted by atomic mass is 10.0. The zero-order valence-corrected chi connectivity index (χ0v) is 19.7. The Labute approximate surface area is 198 Å². The van der Waals surface area contributed by atoms with Crippen molar-refractivity contribution in [3.05, 3.63) is 70.6 Å². The van der Waals surface area contributed by atoms with Crippen LogP contribution in [-0.2, 0) is 16.0 Å². The fourth-order valence-electron chi connectivity index (χ4n) is 3.95. The largest absolute Gasteiger partial charge is 0.469 e. The smallest absolute Gasteiger partial charge is 0.305 e. The molecular weight excluding hydrogens is 435 g/mol. The number of aryl methyl sites for hydroxylation is 1. The number of carbonyl (C=O) groups is 1. The number of benzene rings is 1. The maximum Gasteiger partial charge on any atom is 0.305 e. The molecule has 3 rings (SSSR count). The molecule has 1 aromatic heterocycles. The number of hydrogen-bond donors (Lipinski definition) is 1. The summed E-state index contributed by atoms with van der Waals surface area (Å²) >= 11 is 0. The average molecular weight is 467 g/mol. The molecule has 1 unspecified atom stereocenters. The lowest BCUT2D eigenvalue weighted by Gasteiger charge is -2.14. The van der Waals surface area contributed by atoms with Crippen LogP contribution in [0.2, 0.25) is 0 Å². The highest BCUT2D eigenvalue weighted by Gasteiger charge is 2.20. The van der Waals surface area contributed by atoms with E-state index in [9.17, 15) is 14.0 Å². The Kier molecular flexibility index (Phi) is 8.65. The summed E-state index contributed by atoms with van der Waals surface area (Å²) < 4.78 is 19.8. The number of nitrogens with two attached hydrogens (primary N) is 1. The van der Waals surface area contributed by atoms with Crippen LogP contribution >= 0.6 is 0 Å². The maximum atomic E-state index is 13.6. The second kappa shape index (κ2) is 11.7. The van der Waals surface area contributed by atoms with E-state index in [-0.39, 0.29) is 11.5 Å². The molecule has 2 heterocycles. The zero-order chi connectivity index (χ0) is 24.7. The Balaban J connectivity index is 2.02. The van der Waals surface area contributed by atoms with Gasteiger partial charge in [-0.2, -0.15) is 0 Å². The van der Waals surface area contributed by atoms with Crippen LogP contribution in [-0.4, -0.2) is 41.4 Å². The molecule has 0 spiro atoms. The first-order chi connectivity index (χ1) is 16.4. The first-order valence-corrected chi connectivity index (χ1v) is 11.4. The van der Waals surface area contributed by atoms with E-state index >= 15 is 0 Å². The highest BCUT2D eigenvalue weighted by Crippen LogP contribution is 2.21. The highest BCUT2D eigenvalue weighted by molar-refractivity contribution is 6.04. The molecule has 1 aliphatic heterocycles. The van der Waals surface area contributed by atoms with Crippen molar-refractivity contribution in [1.82, 2.24) is 9.55 Å². The van der Waals surface area contributed by atoms with E-state index < -0.39 is 5.83 Å². The number of allylic oxidation sites excluding steroid dienone is 5. The molecule has 0 aliphatic carbocycles. The summed E-state index contributed by atoms with van der Waals surface area (Å²) in [7, 11) is 1.36. The Morgan fingerprint density at radius 2 is 2.15 bits per heavy atom. The van der Waals surface area contributed by atoms with Crippen molar-refractivity contribution < 1.29 is 13.9 Å². The molecule has 8 heteroatoms. The summed E-state index contributed by atoms with van der Waals surface area (Å²) in [6, 6.07) is 5.55. The standard InChI is InChI=1S/C26H31FN4O3/c1-4-20(27)11-9-17(2)31-24(7-5-6-8-25(32)34-3)30-23-14-19(10-12-21(23)26(31)33)22-13-18(15-28)16-29-22/h4,9-12,14,18H,1,5-8,13,15-16,28H2,2-3H3/b17-9+,20-11+. The zero-order valence-electron chi connectivity index (χ0n) is 19.7. The third-order valence-corrected chi connectivity index (χ3v) is 5.92. The number of ether oxygens (including phenoxy) is 1. The van der Waals surface area contributed by atoms with Crippen LogP contribution in [0.4, 0.5) is 4.39 Å². The van der Waals surface area contributed by atoms with Gasteiger partial charge < -0.3 is 10.5 Å². The maximum absolute atomic E-state index is 13.6. The number of carbonyl (C=O) groups excluding carboxylic acids is 1. The van der Waals surface area contributed by atoms with Gasteiger partial charge in [0.25, 0.3) is 5.56 Å². The quantitative estimate of drug-likeness (QED) is 0.325. The minimum atomic E-state index is -0.501. The van der Waals surface area contributed by atoms with Crippen LogP contribution in [0, 0.1) is 5.92 Å². The van der Waals surface area contributed by atoms with Gasteiger partial charge in [-0.15, -0.1) is 0 Å². The number of fused-ring (bicyclic) bond motifs is 1. The Morgan fingerprint density at radius 3 is 2.82 bits per heavy atom. The van der Waals surface area contributed by atoms with Crippen LogP contribution in [0.15, 0.2) is 58.6 Å². The lowest BCUT2D eigenvalue weighted by Crippen LogP contribution is -2.24. The lowest BCUT2D eigenvalue weighted by molar-refractivity contribution is -0.140. The Hall–Kier alpha value is -3.39. The molecule has 34 heavy (non-hydrogen) atoms. The fraction of sp³-hybridized carbons (Fsp3) is 0.385. The molecule has 0 saturated carbocycles. The topological polar surface area (TPSA) is 99.6 Å². The number of aliphatic imine (C=N–C) groups is 1. The van der Waals surface area contributed by atoms with Gasteiger partial charge in [-0.05, 0) is 74.6 Å². The Morgan fingerprint density at radius 1 is 1.35 bits per heavy atom. The average Bonchev–Trinajstić information content (AvgIpc) is 3.34. The van der Waals surface area contributed by atoms with Crippen molar-refractivity contribution in [3.63, 3.8) is 0 Å². The van der Waals surface area contributed by atoms with E-state index in [1.165, 1.54) is 23.8 Å². The minimum absolute atomic E-state index is 0.228. The number of halogens is 1. The molecule has 1 atom stereocenters. The van der Waals surface area contributed by atoms with Crippen LogP contribution < -0.4 is 11.3 Å². The number of esters is 1. The van der Waals surface area contributed by atoms with Gasteiger partial charge in [0, 0.05) is 30.8 Å². The van der Waals surface area contributed by atoms with Crippen molar-refractivity contribution in [3.8, 4) is 0 Å². The number of hydrogen-bond acceptors (Lipinski definition) is 6. The molecule has 0 fully saturated rings. The molecule has 0 bridgehead atoms. The van der Waals surface area contributed by atoms with E-state index in [4.69, 9.17) is 15.5 Å². The van der Waals surface area contributed by atoms with E-state index in [0.29, 0.717) is 67.1 Å². The first-order valence-electron chi connectivity index (χ1n) is 11.4. The van der Waals surface area contributed by atoms with Gasteiger partial charge >= 0.3 is 5.97 Å². The van der Waals surface area contributed by atoms with E-state index in [0.717, 1.165) is 23.8 Å². The van der Waals surface area contributed by atoms with Crippen molar-refractivity contribution in [1.29, 1.82) is 0 Å². The normalized spacial score (nSPS) is 16.6. The molecule has 2 N–H and O–H groups in total. The minimum Gasteiger partial charge on any atom is -0.469 e. The van der Waals surface area contributed by atoms with Gasteiger partial charge in [0.2, 0.25) is 0 Å². The predicted molar refractivity (Wildman–Crippen MR) is 133 cm³/mol. The van der Waals surface area contributed by atoms with Crippen LogP contribution in [0.1, 0.15) is 44.0 Å². The van der Waals surface area contributed by atoms with Crippen LogP contribution in [0.5, 0.6) is 0 Å². The van der Waals surface area contributed by atoms with Crippen LogP contribution in [0.3, 0.4) is 0 Å². The van der Waals surface area contributed by atoms with Gasteiger partial charge in [0.15, 0.2) is 0 Å². The van der Waals surface area contributed by atoms with Crippen molar-refractivity contribution in [2.45, 2.75) is 39.0 Å². The highest BCUT2D eigenvalue weighted by atomic mass is 19.1. The van der Waals surface area contributed by atoms with Gasteiger partial charge in [0.1, 0.15) is 11.7 Å². The van der Waals surface area contributed by atoms with Gasteiger partial charge in [-0.25, -0.2) is 9.37 Å². The molecule has 7 nitrogen and oxygen atoms in total. The number of aromatic nitrogens is 2. The van der Waals surface area contributed by atoms with E-state index in [1.807, 2.05) is 12.1 Å². The summed E-state index contributed by atoms with van der Waals surface area (Å²) in [5.41, 5.74) is 8.60. The van der Waals surface area contributed by atoms with Crippen molar-refractivity contribution in [2.24, 2.45) is 16.6 Å². The number of unbranched alkanes of at least 4 members (excludes halogenated alkanes) is 1.